The lowest BCUT2D eigenvalue weighted by molar-refractivity contribution is 0.174. The van der Waals surface area contributed by atoms with Crippen molar-refractivity contribution in [2.75, 3.05) is 13.4 Å². The third-order valence-corrected chi connectivity index (χ3v) is 3.31. The fraction of sp³-hybridized carbons (Fsp3) is 0.167. The van der Waals surface area contributed by atoms with Crippen LogP contribution < -0.4 is 14.2 Å². The second-order valence-electron chi connectivity index (χ2n) is 4.71. The Balaban J connectivity index is 2.07. The van der Waals surface area contributed by atoms with Gasteiger partial charge in [-0.25, -0.2) is 0 Å². The minimum atomic E-state index is 0.206. The van der Waals surface area contributed by atoms with E-state index in [1.165, 1.54) is 0 Å². The van der Waals surface area contributed by atoms with Crippen molar-refractivity contribution in [3.63, 3.8) is 0 Å². The van der Waals surface area contributed by atoms with E-state index in [-0.39, 0.29) is 6.79 Å². The van der Waals surface area contributed by atoms with Gasteiger partial charge in [0, 0.05) is 11.6 Å². The van der Waals surface area contributed by atoms with E-state index >= 15 is 0 Å². The Morgan fingerprint density at radius 1 is 1.23 bits per heavy atom. The van der Waals surface area contributed by atoms with E-state index in [4.69, 9.17) is 14.2 Å². The normalized spacial score (nSPS) is 12.8. The number of benzene rings is 2. The molecule has 4 heteroatoms. The van der Waals surface area contributed by atoms with E-state index in [1.807, 2.05) is 49.4 Å². The average Bonchev–Trinajstić information content (AvgIpc) is 3.01. The summed E-state index contributed by atoms with van der Waals surface area (Å²) in [5, 5.41) is 9.44. The van der Waals surface area contributed by atoms with Crippen LogP contribution in [0.4, 0.5) is 0 Å². The summed E-state index contributed by atoms with van der Waals surface area (Å²) >= 11 is 0. The maximum atomic E-state index is 9.44. The average molecular weight is 293 g/mol. The van der Waals surface area contributed by atoms with Crippen LogP contribution in [0.5, 0.6) is 17.2 Å². The number of nitrogens with zero attached hydrogens (tertiary/aromatic N) is 1. The van der Waals surface area contributed by atoms with Gasteiger partial charge in [0.25, 0.3) is 0 Å². The van der Waals surface area contributed by atoms with Crippen molar-refractivity contribution in [3.05, 3.63) is 53.6 Å². The maximum Gasteiger partial charge on any atom is 0.231 e. The minimum absolute atomic E-state index is 0.206. The quantitative estimate of drug-likeness (QED) is 0.634. The maximum absolute atomic E-state index is 9.44. The standard InChI is InChI=1S/C18H15NO3/c1-2-20-16-10-18-17(21-12-22-18)9-14(16)8-15(11-19)13-6-4-3-5-7-13/h3-10H,2,12H2,1H3/b15-8-. The summed E-state index contributed by atoms with van der Waals surface area (Å²) in [6.45, 7) is 2.66. The Hall–Kier alpha value is -2.93. The van der Waals surface area contributed by atoms with Gasteiger partial charge in [-0.05, 0) is 24.6 Å². The van der Waals surface area contributed by atoms with Crippen LogP contribution >= 0.6 is 0 Å². The van der Waals surface area contributed by atoms with E-state index in [0.29, 0.717) is 29.4 Å². The first-order chi connectivity index (χ1) is 10.8. The van der Waals surface area contributed by atoms with Crippen LogP contribution in [0.1, 0.15) is 18.1 Å². The lowest BCUT2D eigenvalue weighted by Gasteiger charge is -2.09. The molecule has 0 N–H and O–H groups in total. The monoisotopic (exact) mass is 293 g/mol. The molecule has 0 fully saturated rings. The summed E-state index contributed by atoms with van der Waals surface area (Å²) in [7, 11) is 0. The molecule has 0 aliphatic carbocycles. The van der Waals surface area contributed by atoms with Crippen molar-refractivity contribution < 1.29 is 14.2 Å². The van der Waals surface area contributed by atoms with Gasteiger partial charge in [0.05, 0.1) is 18.2 Å². The van der Waals surface area contributed by atoms with E-state index in [2.05, 4.69) is 6.07 Å². The molecule has 0 spiro atoms. The molecule has 22 heavy (non-hydrogen) atoms. The van der Waals surface area contributed by atoms with Gasteiger partial charge in [0.15, 0.2) is 11.5 Å². The number of ether oxygens (including phenoxy) is 3. The second-order valence-corrected chi connectivity index (χ2v) is 4.71. The van der Waals surface area contributed by atoms with Crippen LogP contribution in [0, 0.1) is 11.3 Å². The number of fused-ring (bicyclic) bond motifs is 1. The Bertz CT molecular complexity index is 745. The summed E-state index contributed by atoms with van der Waals surface area (Å²) in [6.07, 6.45) is 1.81. The predicted octanol–water partition coefficient (Wildman–Crippen LogP) is 3.88. The molecule has 0 amide bonds. The van der Waals surface area contributed by atoms with Gasteiger partial charge >= 0.3 is 0 Å². The zero-order valence-corrected chi connectivity index (χ0v) is 12.2. The lowest BCUT2D eigenvalue weighted by atomic mass is 10.0. The van der Waals surface area contributed by atoms with Crippen molar-refractivity contribution in [2.24, 2.45) is 0 Å². The molecule has 3 rings (SSSR count). The number of hydrogen-bond acceptors (Lipinski definition) is 4. The Morgan fingerprint density at radius 3 is 2.64 bits per heavy atom. The van der Waals surface area contributed by atoms with Crippen molar-refractivity contribution in [1.82, 2.24) is 0 Å². The lowest BCUT2D eigenvalue weighted by Crippen LogP contribution is -1.94. The topological polar surface area (TPSA) is 51.5 Å². The molecular weight excluding hydrogens is 278 g/mol. The molecular formula is C18H15NO3. The van der Waals surface area contributed by atoms with Crippen LogP contribution in [-0.2, 0) is 0 Å². The molecule has 1 aliphatic heterocycles. The molecule has 0 aromatic heterocycles. The third-order valence-electron chi connectivity index (χ3n) is 3.31. The number of hydrogen-bond donors (Lipinski definition) is 0. The Kier molecular flexibility index (Phi) is 3.97. The highest BCUT2D eigenvalue weighted by Crippen LogP contribution is 2.39. The molecule has 110 valence electrons. The smallest absolute Gasteiger partial charge is 0.231 e. The van der Waals surface area contributed by atoms with Gasteiger partial charge in [0.1, 0.15) is 5.75 Å². The van der Waals surface area contributed by atoms with Gasteiger partial charge in [-0.15, -0.1) is 0 Å². The first-order valence-electron chi connectivity index (χ1n) is 7.05. The van der Waals surface area contributed by atoms with Gasteiger partial charge in [-0.2, -0.15) is 5.26 Å². The van der Waals surface area contributed by atoms with E-state index in [1.54, 1.807) is 6.07 Å². The molecule has 2 aromatic rings. The highest BCUT2D eigenvalue weighted by molar-refractivity contribution is 5.91. The van der Waals surface area contributed by atoms with Crippen molar-refractivity contribution in [1.29, 1.82) is 5.26 Å². The van der Waals surface area contributed by atoms with Crippen LogP contribution in [0.25, 0.3) is 11.6 Å². The molecule has 0 unspecified atom stereocenters. The first kappa shape index (κ1) is 14.0. The van der Waals surface area contributed by atoms with E-state index in [0.717, 1.165) is 11.1 Å². The molecule has 0 saturated carbocycles. The molecule has 0 atom stereocenters. The first-order valence-corrected chi connectivity index (χ1v) is 7.05. The van der Waals surface area contributed by atoms with E-state index < -0.39 is 0 Å². The van der Waals surface area contributed by atoms with Crippen LogP contribution in [-0.4, -0.2) is 13.4 Å². The third kappa shape index (κ3) is 2.75. The molecule has 4 nitrogen and oxygen atoms in total. The highest BCUT2D eigenvalue weighted by Gasteiger charge is 2.17. The summed E-state index contributed by atoms with van der Waals surface area (Å²) in [5.41, 5.74) is 2.23. The largest absolute Gasteiger partial charge is 0.493 e. The Morgan fingerprint density at radius 2 is 1.95 bits per heavy atom. The fourth-order valence-electron chi connectivity index (χ4n) is 2.29. The number of rotatable bonds is 4. The van der Waals surface area contributed by atoms with Crippen molar-refractivity contribution >= 4 is 11.6 Å². The van der Waals surface area contributed by atoms with Gasteiger partial charge < -0.3 is 14.2 Å². The van der Waals surface area contributed by atoms with E-state index in [9.17, 15) is 5.26 Å². The van der Waals surface area contributed by atoms with Gasteiger partial charge in [-0.3, -0.25) is 0 Å². The zero-order valence-electron chi connectivity index (χ0n) is 12.2. The Labute approximate surface area is 129 Å². The number of nitriles is 1. The molecule has 0 saturated heterocycles. The number of allylic oxidation sites excluding steroid dienone is 1. The summed E-state index contributed by atoms with van der Waals surface area (Å²) in [6, 6.07) is 15.4. The minimum Gasteiger partial charge on any atom is -0.493 e. The van der Waals surface area contributed by atoms with Crippen molar-refractivity contribution in [2.45, 2.75) is 6.92 Å². The van der Waals surface area contributed by atoms with Crippen LogP contribution in [0.2, 0.25) is 0 Å². The van der Waals surface area contributed by atoms with Gasteiger partial charge in [0.2, 0.25) is 6.79 Å². The summed E-state index contributed by atoms with van der Waals surface area (Å²) < 4.78 is 16.4. The molecule has 0 bridgehead atoms. The summed E-state index contributed by atoms with van der Waals surface area (Å²) in [5.74, 6) is 2.01. The van der Waals surface area contributed by atoms with Gasteiger partial charge in [-0.1, -0.05) is 30.3 Å². The molecule has 1 aliphatic rings. The SMILES string of the molecule is CCOc1cc2c(cc1/C=C(/C#N)c1ccccc1)OCO2. The molecule has 2 aromatic carbocycles. The second kappa shape index (κ2) is 6.23. The summed E-state index contributed by atoms with van der Waals surface area (Å²) in [4.78, 5) is 0. The predicted molar refractivity (Wildman–Crippen MR) is 83.7 cm³/mol. The fourth-order valence-corrected chi connectivity index (χ4v) is 2.29. The molecule has 0 radical (unpaired) electrons. The highest BCUT2D eigenvalue weighted by atomic mass is 16.7. The molecule has 1 heterocycles. The van der Waals surface area contributed by atoms with Crippen molar-refractivity contribution in [3.8, 4) is 23.3 Å². The van der Waals surface area contributed by atoms with Crippen LogP contribution in [0.15, 0.2) is 42.5 Å². The zero-order chi connectivity index (χ0) is 15.4. The van der Waals surface area contributed by atoms with Crippen LogP contribution in [0.3, 0.4) is 0 Å².